The second kappa shape index (κ2) is 7.30. The van der Waals surface area contributed by atoms with Crippen molar-refractivity contribution in [1.82, 2.24) is 9.21 Å². The van der Waals surface area contributed by atoms with Crippen molar-refractivity contribution in [3.05, 3.63) is 64.7 Å². The Morgan fingerprint density at radius 1 is 0.923 bits per heavy atom. The minimum Gasteiger partial charge on any atom is -0.336 e. The van der Waals surface area contributed by atoms with Gasteiger partial charge in [0.15, 0.2) is 0 Å². The van der Waals surface area contributed by atoms with E-state index in [9.17, 15) is 22.0 Å². The van der Waals surface area contributed by atoms with Gasteiger partial charge >= 0.3 is 0 Å². The highest BCUT2D eigenvalue weighted by Crippen LogP contribution is 2.20. The highest BCUT2D eigenvalue weighted by Gasteiger charge is 2.30. The van der Waals surface area contributed by atoms with Crippen LogP contribution in [0.4, 0.5) is 8.78 Å². The Morgan fingerprint density at radius 3 is 2.00 bits per heavy atom. The molecule has 0 spiro atoms. The minimum absolute atomic E-state index is 0.0918. The zero-order valence-electron chi connectivity index (χ0n) is 13.5. The van der Waals surface area contributed by atoms with Crippen molar-refractivity contribution >= 4 is 27.5 Å². The first-order valence-corrected chi connectivity index (χ1v) is 9.60. The number of amides is 1. The van der Waals surface area contributed by atoms with Gasteiger partial charge in [0.1, 0.15) is 11.6 Å². The lowest BCUT2D eigenvalue weighted by molar-refractivity contribution is 0.0697. The van der Waals surface area contributed by atoms with Crippen LogP contribution in [0.1, 0.15) is 10.4 Å². The molecule has 0 saturated carbocycles. The van der Waals surface area contributed by atoms with Crippen LogP contribution in [0.25, 0.3) is 0 Å². The summed E-state index contributed by atoms with van der Waals surface area (Å²) in [5.41, 5.74) is -0.100. The largest absolute Gasteiger partial charge is 0.336 e. The lowest BCUT2D eigenvalue weighted by Crippen LogP contribution is -2.50. The molecule has 138 valence electrons. The fourth-order valence-electron chi connectivity index (χ4n) is 2.75. The number of halogens is 3. The Labute approximate surface area is 154 Å². The van der Waals surface area contributed by atoms with E-state index < -0.39 is 27.6 Å². The second-order valence-electron chi connectivity index (χ2n) is 5.81. The Kier molecular flexibility index (Phi) is 5.27. The van der Waals surface area contributed by atoms with Gasteiger partial charge in [-0.05, 0) is 36.4 Å². The third-order valence-electron chi connectivity index (χ3n) is 4.09. The minimum atomic E-state index is -3.69. The Bertz CT molecular complexity index is 907. The van der Waals surface area contributed by atoms with E-state index in [1.807, 2.05) is 0 Å². The van der Waals surface area contributed by atoms with Crippen LogP contribution in [0.15, 0.2) is 47.4 Å². The standard InChI is InChI=1S/C17H15ClF2N2O3S/c18-13-1-3-16(4-2-13)26(24,25)22-7-5-21(6-8-22)17(23)12-9-14(19)11-15(20)10-12/h1-4,9-11H,5-8H2. The van der Waals surface area contributed by atoms with Crippen LogP contribution in [-0.4, -0.2) is 49.7 Å². The van der Waals surface area contributed by atoms with E-state index in [0.29, 0.717) is 11.1 Å². The first-order valence-electron chi connectivity index (χ1n) is 7.78. The van der Waals surface area contributed by atoms with Crippen molar-refractivity contribution in [2.45, 2.75) is 4.90 Å². The number of piperazine rings is 1. The van der Waals surface area contributed by atoms with Crippen molar-refractivity contribution in [2.75, 3.05) is 26.2 Å². The summed E-state index contributed by atoms with van der Waals surface area (Å²) < 4.78 is 53.1. The summed E-state index contributed by atoms with van der Waals surface area (Å²) in [7, 11) is -3.69. The molecular formula is C17H15ClF2N2O3S. The molecule has 2 aromatic rings. The SMILES string of the molecule is O=C(c1cc(F)cc(F)c1)N1CCN(S(=O)(=O)c2ccc(Cl)cc2)CC1. The molecule has 1 heterocycles. The number of carbonyl (C=O) groups is 1. The van der Waals surface area contributed by atoms with Crippen molar-refractivity contribution in [1.29, 1.82) is 0 Å². The molecule has 1 saturated heterocycles. The summed E-state index contributed by atoms with van der Waals surface area (Å²) >= 11 is 5.78. The van der Waals surface area contributed by atoms with Crippen LogP contribution >= 0.6 is 11.6 Å². The molecule has 5 nitrogen and oxygen atoms in total. The van der Waals surface area contributed by atoms with E-state index in [2.05, 4.69) is 0 Å². The van der Waals surface area contributed by atoms with Gasteiger partial charge in [-0.15, -0.1) is 0 Å². The van der Waals surface area contributed by atoms with E-state index in [1.54, 1.807) is 0 Å². The number of carbonyl (C=O) groups excluding carboxylic acids is 1. The van der Waals surface area contributed by atoms with Crippen LogP contribution in [0, 0.1) is 11.6 Å². The summed E-state index contributed by atoms with van der Waals surface area (Å²) in [6, 6.07) is 8.44. The molecular weight excluding hydrogens is 386 g/mol. The van der Waals surface area contributed by atoms with E-state index in [0.717, 1.165) is 12.1 Å². The molecule has 0 aromatic heterocycles. The molecule has 0 atom stereocenters. The topological polar surface area (TPSA) is 57.7 Å². The average Bonchev–Trinajstić information content (AvgIpc) is 2.61. The van der Waals surface area contributed by atoms with Gasteiger partial charge in [0.05, 0.1) is 4.90 Å². The third kappa shape index (κ3) is 3.87. The predicted molar refractivity (Wildman–Crippen MR) is 92.5 cm³/mol. The lowest BCUT2D eigenvalue weighted by Gasteiger charge is -2.34. The van der Waals surface area contributed by atoms with Gasteiger partial charge in [-0.3, -0.25) is 4.79 Å². The van der Waals surface area contributed by atoms with E-state index in [-0.39, 0.29) is 36.6 Å². The molecule has 1 aliphatic rings. The fourth-order valence-corrected chi connectivity index (χ4v) is 4.30. The van der Waals surface area contributed by atoms with Gasteiger partial charge < -0.3 is 4.90 Å². The summed E-state index contributed by atoms with van der Waals surface area (Å²) in [6.07, 6.45) is 0. The van der Waals surface area contributed by atoms with Crippen LogP contribution < -0.4 is 0 Å². The lowest BCUT2D eigenvalue weighted by atomic mass is 10.1. The van der Waals surface area contributed by atoms with Gasteiger partial charge in [-0.25, -0.2) is 17.2 Å². The van der Waals surface area contributed by atoms with Gasteiger partial charge in [0.25, 0.3) is 5.91 Å². The second-order valence-corrected chi connectivity index (χ2v) is 8.18. The molecule has 0 radical (unpaired) electrons. The number of nitrogens with zero attached hydrogens (tertiary/aromatic N) is 2. The average molecular weight is 401 g/mol. The Hall–Kier alpha value is -2.03. The smallest absolute Gasteiger partial charge is 0.254 e. The van der Waals surface area contributed by atoms with Crippen molar-refractivity contribution in [3.63, 3.8) is 0 Å². The van der Waals surface area contributed by atoms with E-state index >= 15 is 0 Å². The maximum absolute atomic E-state index is 13.3. The van der Waals surface area contributed by atoms with E-state index in [4.69, 9.17) is 11.6 Å². The number of hydrogen-bond acceptors (Lipinski definition) is 3. The Morgan fingerprint density at radius 2 is 1.46 bits per heavy atom. The van der Waals surface area contributed by atoms with Crippen LogP contribution in [0.3, 0.4) is 0 Å². The maximum atomic E-state index is 13.3. The fraction of sp³-hybridized carbons (Fsp3) is 0.235. The summed E-state index contributed by atoms with van der Waals surface area (Å²) in [6.45, 7) is 0.441. The maximum Gasteiger partial charge on any atom is 0.254 e. The number of hydrogen-bond donors (Lipinski definition) is 0. The van der Waals surface area contributed by atoms with Crippen molar-refractivity contribution in [3.8, 4) is 0 Å². The summed E-state index contributed by atoms with van der Waals surface area (Å²) in [5.74, 6) is -2.21. The molecule has 0 N–H and O–H groups in total. The summed E-state index contributed by atoms with van der Waals surface area (Å²) in [4.78, 5) is 13.9. The van der Waals surface area contributed by atoms with Gasteiger partial charge in [0, 0.05) is 42.8 Å². The van der Waals surface area contributed by atoms with Crippen molar-refractivity contribution in [2.24, 2.45) is 0 Å². The predicted octanol–water partition coefficient (Wildman–Crippen LogP) is 2.76. The molecule has 3 rings (SSSR count). The van der Waals surface area contributed by atoms with Crippen LogP contribution in [0.2, 0.25) is 5.02 Å². The quantitative estimate of drug-likeness (QED) is 0.796. The van der Waals surface area contributed by atoms with Gasteiger partial charge in [-0.1, -0.05) is 11.6 Å². The monoisotopic (exact) mass is 400 g/mol. The molecule has 0 bridgehead atoms. The van der Waals surface area contributed by atoms with Gasteiger partial charge in [-0.2, -0.15) is 4.31 Å². The highest BCUT2D eigenvalue weighted by atomic mass is 35.5. The molecule has 0 unspecified atom stereocenters. The third-order valence-corrected chi connectivity index (χ3v) is 6.25. The zero-order valence-corrected chi connectivity index (χ0v) is 15.1. The summed E-state index contributed by atoms with van der Waals surface area (Å²) in [5, 5.41) is 0.432. The number of sulfonamides is 1. The van der Waals surface area contributed by atoms with E-state index in [1.165, 1.54) is 33.5 Å². The molecule has 26 heavy (non-hydrogen) atoms. The molecule has 2 aromatic carbocycles. The molecule has 1 aliphatic heterocycles. The molecule has 1 fully saturated rings. The number of rotatable bonds is 3. The van der Waals surface area contributed by atoms with Crippen molar-refractivity contribution < 1.29 is 22.0 Å². The number of benzene rings is 2. The Balaban J connectivity index is 1.70. The highest BCUT2D eigenvalue weighted by molar-refractivity contribution is 7.89. The van der Waals surface area contributed by atoms with Gasteiger partial charge in [0.2, 0.25) is 10.0 Å². The first-order chi connectivity index (χ1) is 12.3. The first kappa shape index (κ1) is 18.8. The van der Waals surface area contributed by atoms with Crippen LogP contribution in [0.5, 0.6) is 0 Å². The van der Waals surface area contributed by atoms with Crippen LogP contribution in [-0.2, 0) is 10.0 Å². The zero-order chi connectivity index (χ0) is 18.9. The molecule has 0 aliphatic carbocycles. The molecule has 1 amide bonds. The normalized spacial score (nSPS) is 15.9. The molecule has 9 heteroatoms.